The molecule has 50 heavy (non-hydrogen) atoms. The van der Waals surface area contributed by atoms with Crippen LogP contribution in [0.15, 0.2) is 109 Å². The van der Waals surface area contributed by atoms with Crippen molar-refractivity contribution in [2.75, 3.05) is 31.2 Å². The van der Waals surface area contributed by atoms with Crippen LogP contribution in [0.2, 0.25) is 0 Å². The van der Waals surface area contributed by atoms with Gasteiger partial charge in [-0.15, -0.1) is 0 Å². The van der Waals surface area contributed by atoms with Gasteiger partial charge in [0.15, 0.2) is 0 Å². The van der Waals surface area contributed by atoms with E-state index in [1.807, 2.05) is 13.8 Å². The lowest BCUT2D eigenvalue weighted by Crippen LogP contribution is -2.42. The summed E-state index contributed by atoms with van der Waals surface area (Å²) < 4.78 is 9.91. The van der Waals surface area contributed by atoms with Crippen molar-refractivity contribution in [3.63, 3.8) is 0 Å². The molecular weight excluding hydrogens is 641 g/mol. The smallest absolute Gasteiger partial charge is 0.290 e. The molecule has 272 valence electrons. The van der Waals surface area contributed by atoms with Gasteiger partial charge in [0.25, 0.3) is 6.47 Å². The van der Waals surface area contributed by atoms with Crippen LogP contribution < -0.4 is 15.4 Å². The molecule has 0 radical (unpaired) electrons. The molecular formula is C42H60N4O3S. The van der Waals surface area contributed by atoms with E-state index < -0.39 is 0 Å². The molecule has 8 heteroatoms. The Morgan fingerprint density at radius 2 is 1.62 bits per heavy atom. The minimum Gasteiger partial charge on any atom is -0.483 e. The number of hydrogen-bond acceptors (Lipinski definition) is 7. The highest BCUT2D eigenvalue weighted by Crippen LogP contribution is 2.36. The summed E-state index contributed by atoms with van der Waals surface area (Å²) in [5.41, 5.74) is 8.15. The Kier molecular flexibility index (Phi) is 18.0. The van der Waals surface area contributed by atoms with E-state index in [-0.39, 0.29) is 24.1 Å². The molecule has 0 amide bonds. The van der Waals surface area contributed by atoms with E-state index in [1.165, 1.54) is 16.7 Å². The van der Waals surface area contributed by atoms with Gasteiger partial charge in [0.2, 0.25) is 0 Å². The monoisotopic (exact) mass is 700 g/mol. The summed E-state index contributed by atoms with van der Waals surface area (Å²) in [7, 11) is 0. The van der Waals surface area contributed by atoms with Crippen LogP contribution in [0, 0.1) is 5.41 Å². The van der Waals surface area contributed by atoms with Crippen LogP contribution in [-0.2, 0) is 9.53 Å². The average molecular weight is 701 g/mol. The van der Waals surface area contributed by atoms with Gasteiger partial charge in [0.05, 0.1) is 6.10 Å². The number of anilines is 1. The quantitative estimate of drug-likeness (QED) is 0.0797. The maximum atomic E-state index is 8.36. The highest BCUT2D eigenvalue weighted by Gasteiger charge is 2.29. The molecule has 0 bridgehead atoms. The van der Waals surface area contributed by atoms with Crippen molar-refractivity contribution in [2.24, 2.45) is 5.41 Å². The van der Waals surface area contributed by atoms with Gasteiger partial charge in [-0.3, -0.25) is 9.52 Å². The van der Waals surface area contributed by atoms with Crippen LogP contribution in [0.1, 0.15) is 85.5 Å². The Morgan fingerprint density at radius 1 is 1.00 bits per heavy atom. The van der Waals surface area contributed by atoms with Crippen LogP contribution in [0.5, 0.6) is 0 Å². The number of carbonyl (C=O) groups is 1. The second-order valence-corrected chi connectivity index (χ2v) is 13.6. The summed E-state index contributed by atoms with van der Waals surface area (Å²) >= 11 is 1.64. The summed E-state index contributed by atoms with van der Waals surface area (Å²) in [6, 6.07) is 23.4. The van der Waals surface area contributed by atoms with E-state index >= 15 is 0 Å². The number of ether oxygens (including phenoxy) is 1. The van der Waals surface area contributed by atoms with E-state index in [4.69, 9.17) is 14.6 Å². The number of carboxylic acid groups (broad SMARTS) is 1. The van der Waals surface area contributed by atoms with Crippen molar-refractivity contribution in [3.05, 3.63) is 120 Å². The SMILES string of the molecule is C=C(NC(/C=C(\C)C(C)(C)C)=C(\CC)CNSC)Nc1ccc(C(=C)N2CC(CC)OC(c3ccccc3)C2)c2ccccc12.CC.O=CO. The van der Waals surface area contributed by atoms with Gasteiger partial charge in [-0.05, 0) is 60.1 Å². The Morgan fingerprint density at radius 3 is 2.20 bits per heavy atom. The van der Waals surface area contributed by atoms with Crippen molar-refractivity contribution in [3.8, 4) is 0 Å². The summed E-state index contributed by atoms with van der Waals surface area (Å²) in [4.78, 5) is 10.8. The molecule has 4 rings (SSSR count). The lowest BCUT2D eigenvalue weighted by Gasteiger charge is -2.40. The van der Waals surface area contributed by atoms with Gasteiger partial charge >= 0.3 is 0 Å². The number of fused-ring (bicyclic) bond motifs is 1. The fourth-order valence-electron chi connectivity index (χ4n) is 5.55. The topological polar surface area (TPSA) is 85.9 Å². The standard InChI is InChI=1S/C39H52N4OS.C2H6.CH2O2/c1-10-30(24-40-45-9)37(23-27(3)39(6,7)8)42-29(5)41-36-22-21-33(34-19-15-16-20-35(34)36)28(4)43-25-32(11-2)44-38(26-43)31-17-13-12-14-18-31;1-2;2-1-3/h12-23,32,38,40-42H,4-5,10-11,24-26H2,1-3,6-9H3;1-2H3;1H,(H,2,3)/b27-23+,37-30+;;. The van der Waals surface area contributed by atoms with Crippen LogP contribution in [0.3, 0.4) is 0 Å². The molecule has 0 aliphatic carbocycles. The molecule has 2 unspecified atom stereocenters. The highest BCUT2D eigenvalue weighted by atomic mass is 32.2. The van der Waals surface area contributed by atoms with Gasteiger partial charge in [-0.1, -0.05) is 140 Å². The first-order valence-electron chi connectivity index (χ1n) is 17.6. The maximum Gasteiger partial charge on any atom is 0.290 e. The molecule has 1 heterocycles. The molecule has 0 aromatic heterocycles. The summed E-state index contributed by atoms with van der Waals surface area (Å²) in [6.45, 7) is 28.5. The van der Waals surface area contributed by atoms with E-state index in [2.05, 4.69) is 154 Å². The molecule has 1 aliphatic heterocycles. The van der Waals surface area contributed by atoms with Crippen LogP contribution in [0.4, 0.5) is 5.69 Å². The first-order chi connectivity index (χ1) is 24.0. The zero-order chi connectivity index (χ0) is 37.3. The van der Waals surface area contributed by atoms with Crippen LogP contribution in [0.25, 0.3) is 16.5 Å². The summed E-state index contributed by atoms with van der Waals surface area (Å²) in [5, 5.41) is 16.4. The first kappa shape index (κ1) is 42.2. The third-order valence-electron chi connectivity index (χ3n) is 8.76. The Balaban J connectivity index is 0.00000164. The van der Waals surface area contributed by atoms with Crippen molar-refractivity contribution >= 4 is 40.6 Å². The molecule has 1 saturated heterocycles. The molecule has 3 aromatic rings. The maximum absolute atomic E-state index is 8.36. The van der Waals surface area contributed by atoms with Gasteiger partial charge in [-0.25, -0.2) is 0 Å². The highest BCUT2D eigenvalue weighted by molar-refractivity contribution is 7.96. The molecule has 1 fully saturated rings. The Labute approximate surface area is 306 Å². The largest absolute Gasteiger partial charge is 0.483 e. The number of allylic oxidation sites excluding steroid dienone is 2. The van der Waals surface area contributed by atoms with Crippen LogP contribution in [-0.4, -0.2) is 48.5 Å². The lowest BCUT2D eigenvalue weighted by atomic mass is 9.86. The fraction of sp³-hybridized carbons (Fsp3) is 0.405. The Bertz CT molecular complexity index is 1590. The van der Waals surface area contributed by atoms with Gasteiger partial charge in [-0.2, -0.15) is 0 Å². The van der Waals surface area contributed by atoms with E-state index in [0.29, 0.717) is 0 Å². The third-order valence-corrected chi connectivity index (χ3v) is 9.20. The van der Waals surface area contributed by atoms with Crippen molar-refractivity contribution < 1.29 is 14.6 Å². The number of hydrogen-bond donors (Lipinski definition) is 4. The molecule has 7 nitrogen and oxygen atoms in total. The zero-order valence-corrected chi connectivity index (χ0v) is 32.5. The second kappa shape index (κ2) is 21.3. The zero-order valence-electron chi connectivity index (χ0n) is 31.7. The number of morpholine rings is 1. The first-order valence-corrected chi connectivity index (χ1v) is 18.8. The molecule has 3 aromatic carbocycles. The molecule has 4 N–H and O–H groups in total. The average Bonchev–Trinajstić information content (AvgIpc) is 3.12. The number of rotatable bonds is 13. The number of benzene rings is 3. The van der Waals surface area contributed by atoms with E-state index in [0.717, 1.165) is 71.7 Å². The minimum atomic E-state index is -0.250. The lowest BCUT2D eigenvalue weighted by molar-refractivity contribution is -0.122. The normalized spacial score (nSPS) is 16.6. The minimum absolute atomic E-state index is 0.0144. The van der Waals surface area contributed by atoms with Gasteiger partial charge < -0.3 is 25.4 Å². The second-order valence-electron chi connectivity index (χ2n) is 12.9. The van der Waals surface area contributed by atoms with Crippen molar-refractivity contribution in [1.82, 2.24) is 14.9 Å². The van der Waals surface area contributed by atoms with Gasteiger partial charge in [0.1, 0.15) is 11.9 Å². The van der Waals surface area contributed by atoms with Gasteiger partial charge in [0, 0.05) is 47.7 Å². The fourth-order valence-corrected chi connectivity index (χ4v) is 5.87. The summed E-state index contributed by atoms with van der Waals surface area (Å²) in [5.74, 6) is 0.736. The van der Waals surface area contributed by atoms with E-state index in [9.17, 15) is 0 Å². The number of nitrogens with zero attached hydrogens (tertiary/aromatic N) is 1. The molecule has 0 saturated carbocycles. The van der Waals surface area contributed by atoms with Crippen LogP contribution >= 0.6 is 11.9 Å². The van der Waals surface area contributed by atoms with Crippen molar-refractivity contribution in [2.45, 2.75) is 80.4 Å². The molecule has 0 spiro atoms. The predicted molar refractivity (Wildman–Crippen MR) is 217 cm³/mol. The van der Waals surface area contributed by atoms with E-state index in [1.54, 1.807) is 11.9 Å². The summed E-state index contributed by atoms with van der Waals surface area (Å²) in [6.07, 6.45) is 6.39. The predicted octanol–water partition coefficient (Wildman–Crippen LogP) is 10.4. The molecule has 2 atom stereocenters. The number of nitrogens with one attached hydrogen (secondary N) is 3. The molecule has 1 aliphatic rings. The third kappa shape index (κ3) is 12.1. The van der Waals surface area contributed by atoms with Crippen molar-refractivity contribution in [1.29, 1.82) is 0 Å². The Hall–Kier alpha value is -3.98.